The summed E-state index contributed by atoms with van der Waals surface area (Å²) in [5.74, 6) is -0.0547. The van der Waals surface area contributed by atoms with Gasteiger partial charge in [0.2, 0.25) is 0 Å². The molecule has 1 aromatic heterocycles. The van der Waals surface area contributed by atoms with Crippen molar-refractivity contribution in [1.29, 1.82) is 0 Å². The van der Waals surface area contributed by atoms with Crippen molar-refractivity contribution in [3.63, 3.8) is 0 Å². The standard InChI is InChI=1S/C16H18N2O2S/c19-15(20)11-21-16-17-9-14(13-7-2-1-3-8-13)18(16)10-12-5-4-6-12/h1-3,7-9,12H,4-6,10-11H2,(H,19,20). The molecule has 3 rings (SSSR count). The molecule has 0 unspecified atom stereocenters. The van der Waals surface area contributed by atoms with E-state index in [9.17, 15) is 4.79 Å². The second kappa shape index (κ2) is 6.35. The zero-order valence-electron chi connectivity index (χ0n) is 11.7. The Morgan fingerprint density at radius 1 is 1.33 bits per heavy atom. The summed E-state index contributed by atoms with van der Waals surface area (Å²) in [5, 5.41) is 9.68. The molecule has 2 aromatic rings. The van der Waals surface area contributed by atoms with E-state index in [2.05, 4.69) is 21.7 Å². The Hall–Kier alpha value is -1.75. The maximum atomic E-state index is 10.8. The zero-order valence-corrected chi connectivity index (χ0v) is 12.6. The summed E-state index contributed by atoms with van der Waals surface area (Å²) in [4.78, 5) is 15.2. The number of benzene rings is 1. The molecule has 1 aliphatic rings. The van der Waals surface area contributed by atoms with Crippen molar-refractivity contribution in [1.82, 2.24) is 9.55 Å². The third-order valence-corrected chi connectivity index (χ3v) is 4.85. The smallest absolute Gasteiger partial charge is 0.313 e. The van der Waals surface area contributed by atoms with Gasteiger partial charge in [0.1, 0.15) is 0 Å². The molecule has 0 aliphatic heterocycles. The fraction of sp³-hybridized carbons (Fsp3) is 0.375. The van der Waals surface area contributed by atoms with Crippen molar-refractivity contribution in [2.75, 3.05) is 5.75 Å². The van der Waals surface area contributed by atoms with Gasteiger partial charge in [0.25, 0.3) is 0 Å². The van der Waals surface area contributed by atoms with Gasteiger partial charge in [-0.3, -0.25) is 4.79 Å². The number of hydrogen-bond acceptors (Lipinski definition) is 3. The van der Waals surface area contributed by atoms with Crippen LogP contribution < -0.4 is 0 Å². The minimum Gasteiger partial charge on any atom is -0.481 e. The van der Waals surface area contributed by atoms with Crippen molar-refractivity contribution in [3.8, 4) is 11.3 Å². The van der Waals surface area contributed by atoms with Gasteiger partial charge >= 0.3 is 5.97 Å². The molecule has 0 saturated heterocycles. The number of thioether (sulfide) groups is 1. The maximum Gasteiger partial charge on any atom is 0.313 e. The van der Waals surface area contributed by atoms with Gasteiger partial charge in [-0.05, 0) is 24.3 Å². The van der Waals surface area contributed by atoms with Crippen LogP contribution in [0, 0.1) is 5.92 Å². The van der Waals surface area contributed by atoms with Crippen LogP contribution >= 0.6 is 11.8 Å². The molecule has 0 atom stereocenters. The monoisotopic (exact) mass is 302 g/mol. The lowest BCUT2D eigenvalue weighted by Gasteiger charge is -2.27. The molecule has 1 aliphatic carbocycles. The molecule has 0 amide bonds. The van der Waals surface area contributed by atoms with Gasteiger partial charge in [0.05, 0.1) is 17.6 Å². The van der Waals surface area contributed by atoms with Crippen molar-refractivity contribution in [2.24, 2.45) is 5.92 Å². The number of rotatable bonds is 6. The summed E-state index contributed by atoms with van der Waals surface area (Å²) < 4.78 is 2.19. The second-order valence-electron chi connectivity index (χ2n) is 5.38. The highest BCUT2D eigenvalue weighted by Crippen LogP contribution is 2.33. The lowest BCUT2D eigenvalue weighted by Crippen LogP contribution is -2.19. The first-order chi connectivity index (χ1) is 10.2. The molecule has 1 fully saturated rings. The first-order valence-corrected chi connectivity index (χ1v) is 8.18. The lowest BCUT2D eigenvalue weighted by molar-refractivity contribution is -0.133. The highest BCUT2D eigenvalue weighted by Gasteiger charge is 2.22. The van der Waals surface area contributed by atoms with Crippen LogP contribution in [-0.2, 0) is 11.3 Å². The number of carbonyl (C=O) groups is 1. The predicted octanol–water partition coefficient (Wildman–Crippen LogP) is 3.53. The summed E-state index contributed by atoms with van der Waals surface area (Å²) >= 11 is 1.30. The molecule has 5 heteroatoms. The van der Waals surface area contributed by atoms with Crippen molar-refractivity contribution < 1.29 is 9.90 Å². The summed E-state index contributed by atoms with van der Waals surface area (Å²) in [6.45, 7) is 0.937. The Morgan fingerprint density at radius 3 is 2.71 bits per heavy atom. The van der Waals surface area contributed by atoms with Crippen LogP contribution in [0.2, 0.25) is 0 Å². The molecule has 110 valence electrons. The van der Waals surface area contributed by atoms with E-state index in [1.54, 1.807) is 0 Å². The Morgan fingerprint density at radius 2 is 2.10 bits per heavy atom. The summed E-state index contributed by atoms with van der Waals surface area (Å²) in [7, 11) is 0. The van der Waals surface area contributed by atoms with E-state index in [0.717, 1.165) is 23.0 Å². The Kier molecular flexibility index (Phi) is 4.29. The largest absolute Gasteiger partial charge is 0.481 e. The molecule has 21 heavy (non-hydrogen) atoms. The fourth-order valence-corrected chi connectivity index (χ4v) is 3.26. The fourth-order valence-electron chi connectivity index (χ4n) is 2.55. The van der Waals surface area contributed by atoms with Crippen LogP contribution in [0.15, 0.2) is 41.7 Å². The van der Waals surface area contributed by atoms with Crippen LogP contribution in [0.1, 0.15) is 19.3 Å². The molecule has 1 heterocycles. The minimum atomic E-state index is -0.806. The molecular weight excluding hydrogens is 284 g/mol. The summed E-state index contributed by atoms with van der Waals surface area (Å²) in [6.07, 6.45) is 5.68. The Bertz CT molecular complexity index is 620. The lowest BCUT2D eigenvalue weighted by atomic mass is 9.85. The van der Waals surface area contributed by atoms with Gasteiger partial charge < -0.3 is 9.67 Å². The number of hydrogen-bond donors (Lipinski definition) is 1. The van der Waals surface area contributed by atoms with Crippen LogP contribution in [0.4, 0.5) is 0 Å². The van der Waals surface area contributed by atoms with Gasteiger partial charge in [0.15, 0.2) is 5.16 Å². The normalized spacial score (nSPS) is 14.9. The van der Waals surface area contributed by atoms with Gasteiger partial charge in [-0.15, -0.1) is 0 Å². The second-order valence-corrected chi connectivity index (χ2v) is 6.32. The molecule has 0 radical (unpaired) electrons. The number of aliphatic carboxylic acids is 1. The van der Waals surface area contributed by atoms with Crippen molar-refractivity contribution in [3.05, 3.63) is 36.5 Å². The van der Waals surface area contributed by atoms with Crippen LogP contribution in [-0.4, -0.2) is 26.4 Å². The number of carboxylic acids is 1. The van der Waals surface area contributed by atoms with Crippen molar-refractivity contribution >= 4 is 17.7 Å². The Balaban J connectivity index is 1.89. The highest BCUT2D eigenvalue weighted by atomic mass is 32.2. The van der Waals surface area contributed by atoms with Gasteiger partial charge in [-0.2, -0.15) is 0 Å². The number of imidazole rings is 1. The minimum absolute atomic E-state index is 0.0515. The topological polar surface area (TPSA) is 55.1 Å². The highest BCUT2D eigenvalue weighted by molar-refractivity contribution is 7.99. The average Bonchev–Trinajstić information content (AvgIpc) is 2.84. The number of carboxylic acid groups (broad SMARTS) is 1. The van der Waals surface area contributed by atoms with E-state index < -0.39 is 5.97 Å². The van der Waals surface area contributed by atoms with E-state index in [4.69, 9.17) is 5.11 Å². The van der Waals surface area contributed by atoms with Gasteiger partial charge in [-0.1, -0.05) is 48.5 Å². The molecule has 0 spiro atoms. The van der Waals surface area contributed by atoms with E-state index >= 15 is 0 Å². The van der Waals surface area contributed by atoms with E-state index in [1.165, 1.54) is 31.0 Å². The molecule has 1 aromatic carbocycles. The van der Waals surface area contributed by atoms with E-state index in [1.807, 2.05) is 24.4 Å². The molecular formula is C16H18N2O2S. The summed E-state index contributed by atoms with van der Waals surface area (Å²) in [5.41, 5.74) is 2.21. The van der Waals surface area contributed by atoms with E-state index in [-0.39, 0.29) is 5.75 Å². The van der Waals surface area contributed by atoms with E-state index in [0.29, 0.717) is 5.92 Å². The van der Waals surface area contributed by atoms with Gasteiger partial charge in [-0.25, -0.2) is 4.98 Å². The van der Waals surface area contributed by atoms with Crippen LogP contribution in [0.25, 0.3) is 11.3 Å². The zero-order chi connectivity index (χ0) is 14.7. The molecule has 1 N–H and O–H groups in total. The average molecular weight is 302 g/mol. The molecule has 4 nitrogen and oxygen atoms in total. The van der Waals surface area contributed by atoms with Crippen LogP contribution in [0.5, 0.6) is 0 Å². The quantitative estimate of drug-likeness (QED) is 0.829. The van der Waals surface area contributed by atoms with Gasteiger partial charge in [0, 0.05) is 6.54 Å². The summed E-state index contributed by atoms with van der Waals surface area (Å²) in [6, 6.07) is 10.2. The maximum absolute atomic E-state index is 10.8. The SMILES string of the molecule is O=C(O)CSc1ncc(-c2ccccc2)n1CC1CCC1. The van der Waals surface area contributed by atoms with Crippen LogP contribution in [0.3, 0.4) is 0 Å². The van der Waals surface area contributed by atoms with Crippen molar-refractivity contribution in [2.45, 2.75) is 31.0 Å². The number of aromatic nitrogens is 2. The molecule has 1 saturated carbocycles. The first kappa shape index (κ1) is 14.2. The molecule has 0 bridgehead atoms. The Labute approximate surface area is 128 Å². The third kappa shape index (κ3) is 3.29. The number of nitrogens with zero attached hydrogens (tertiary/aromatic N) is 2. The third-order valence-electron chi connectivity index (χ3n) is 3.88. The first-order valence-electron chi connectivity index (χ1n) is 7.19. The predicted molar refractivity (Wildman–Crippen MR) is 83.4 cm³/mol.